The quantitative estimate of drug-likeness (QED) is 0.917. The molecule has 98 valence electrons. The van der Waals surface area contributed by atoms with Crippen molar-refractivity contribution in [1.82, 2.24) is 0 Å². The van der Waals surface area contributed by atoms with Gasteiger partial charge in [-0.2, -0.15) is 0 Å². The van der Waals surface area contributed by atoms with E-state index in [1.807, 2.05) is 24.3 Å². The van der Waals surface area contributed by atoms with E-state index in [4.69, 9.17) is 10.5 Å². The fraction of sp³-hybridized carbons (Fsp3) is 0.200. The highest BCUT2D eigenvalue weighted by Crippen LogP contribution is 2.34. The third kappa shape index (κ3) is 2.38. The molecule has 0 fully saturated rings. The zero-order valence-corrected chi connectivity index (χ0v) is 11.7. The maximum atomic E-state index is 13.8. The number of halogens is 2. The molecule has 0 bridgehead atoms. The van der Waals surface area contributed by atoms with Crippen LogP contribution in [-0.2, 0) is 6.42 Å². The summed E-state index contributed by atoms with van der Waals surface area (Å²) in [5.74, 6) is 0.550. The highest BCUT2D eigenvalue weighted by molar-refractivity contribution is 9.10. The number of rotatable bonds is 2. The van der Waals surface area contributed by atoms with E-state index in [0.717, 1.165) is 15.8 Å². The van der Waals surface area contributed by atoms with Gasteiger partial charge in [0.25, 0.3) is 0 Å². The fourth-order valence-corrected chi connectivity index (χ4v) is 2.76. The van der Waals surface area contributed by atoms with E-state index in [1.54, 1.807) is 12.1 Å². The zero-order valence-electron chi connectivity index (χ0n) is 10.1. The number of benzene rings is 2. The average Bonchev–Trinajstić information content (AvgIpc) is 2.84. The number of nitrogens with two attached hydrogens (primary N) is 1. The third-order valence-electron chi connectivity index (χ3n) is 3.39. The first kappa shape index (κ1) is 12.6. The van der Waals surface area contributed by atoms with E-state index >= 15 is 0 Å². The van der Waals surface area contributed by atoms with Gasteiger partial charge >= 0.3 is 0 Å². The minimum atomic E-state index is -0.482. The number of hydrogen-bond acceptors (Lipinski definition) is 2. The van der Waals surface area contributed by atoms with Crippen molar-refractivity contribution >= 4 is 15.9 Å². The first-order valence-corrected chi connectivity index (χ1v) is 6.89. The van der Waals surface area contributed by atoms with Crippen LogP contribution >= 0.6 is 15.9 Å². The number of fused-ring (bicyclic) bond motifs is 1. The fourth-order valence-electron chi connectivity index (χ4n) is 2.38. The molecule has 2 atom stereocenters. The Kier molecular flexibility index (Phi) is 3.29. The molecule has 0 spiro atoms. The molecular weight excluding hydrogens is 309 g/mol. The molecule has 0 radical (unpaired) electrons. The molecule has 1 heterocycles. The summed E-state index contributed by atoms with van der Waals surface area (Å²) in [5.41, 5.74) is 7.77. The van der Waals surface area contributed by atoms with Crippen LogP contribution < -0.4 is 10.5 Å². The van der Waals surface area contributed by atoms with Crippen molar-refractivity contribution in [2.75, 3.05) is 0 Å². The summed E-state index contributed by atoms with van der Waals surface area (Å²) >= 11 is 3.34. The van der Waals surface area contributed by atoms with Gasteiger partial charge in [0, 0.05) is 16.5 Å². The maximum Gasteiger partial charge on any atom is 0.128 e. The zero-order chi connectivity index (χ0) is 13.4. The summed E-state index contributed by atoms with van der Waals surface area (Å²) in [4.78, 5) is 0. The second kappa shape index (κ2) is 4.94. The van der Waals surface area contributed by atoms with Gasteiger partial charge in [-0.3, -0.25) is 0 Å². The van der Waals surface area contributed by atoms with Crippen molar-refractivity contribution in [2.45, 2.75) is 18.6 Å². The second-order valence-corrected chi connectivity index (χ2v) is 5.58. The smallest absolute Gasteiger partial charge is 0.128 e. The maximum absolute atomic E-state index is 13.8. The Morgan fingerprint density at radius 2 is 2.05 bits per heavy atom. The van der Waals surface area contributed by atoms with Crippen LogP contribution in [0.2, 0.25) is 0 Å². The SMILES string of the molecule is NC(c1cc(Br)ccc1F)C1Cc2ccccc2O1. The summed E-state index contributed by atoms with van der Waals surface area (Å²) in [6.45, 7) is 0. The molecular formula is C15H13BrFNO. The van der Waals surface area contributed by atoms with Crippen molar-refractivity contribution in [3.05, 3.63) is 63.9 Å². The average molecular weight is 322 g/mol. The van der Waals surface area contributed by atoms with Gasteiger partial charge < -0.3 is 10.5 Å². The molecule has 2 N–H and O–H groups in total. The van der Waals surface area contributed by atoms with Gasteiger partial charge in [-0.05, 0) is 29.8 Å². The number of hydrogen-bond donors (Lipinski definition) is 1. The third-order valence-corrected chi connectivity index (χ3v) is 3.88. The molecule has 0 aromatic heterocycles. The van der Waals surface area contributed by atoms with Gasteiger partial charge in [-0.1, -0.05) is 34.1 Å². The summed E-state index contributed by atoms with van der Waals surface area (Å²) < 4.78 is 20.5. The molecule has 2 unspecified atom stereocenters. The van der Waals surface area contributed by atoms with Gasteiger partial charge in [-0.15, -0.1) is 0 Å². The largest absolute Gasteiger partial charge is 0.488 e. The molecule has 2 aromatic carbocycles. The predicted octanol–water partition coefficient (Wildman–Crippen LogP) is 3.59. The molecule has 4 heteroatoms. The van der Waals surface area contributed by atoms with Crippen molar-refractivity contribution in [2.24, 2.45) is 5.73 Å². The summed E-state index contributed by atoms with van der Waals surface area (Å²) in [6.07, 6.45) is 0.490. The Labute approximate surface area is 119 Å². The van der Waals surface area contributed by atoms with Gasteiger partial charge in [-0.25, -0.2) is 4.39 Å². The van der Waals surface area contributed by atoms with Crippen molar-refractivity contribution in [3.63, 3.8) is 0 Å². The lowest BCUT2D eigenvalue weighted by Gasteiger charge is -2.20. The Hall–Kier alpha value is -1.39. The Morgan fingerprint density at radius 3 is 2.84 bits per heavy atom. The van der Waals surface area contributed by atoms with Crippen LogP contribution in [-0.4, -0.2) is 6.10 Å². The van der Waals surface area contributed by atoms with E-state index in [9.17, 15) is 4.39 Å². The lowest BCUT2D eigenvalue weighted by atomic mass is 9.98. The van der Waals surface area contributed by atoms with Crippen LogP contribution in [0.5, 0.6) is 5.75 Å². The second-order valence-electron chi connectivity index (χ2n) is 4.66. The van der Waals surface area contributed by atoms with Gasteiger partial charge in [0.05, 0.1) is 6.04 Å². The Balaban J connectivity index is 1.87. The van der Waals surface area contributed by atoms with Crippen LogP contribution in [0, 0.1) is 5.82 Å². The molecule has 2 aromatic rings. The monoisotopic (exact) mass is 321 g/mol. The van der Waals surface area contributed by atoms with E-state index < -0.39 is 6.04 Å². The highest BCUT2D eigenvalue weighted by Gasteiger charge is 2.30. The number of ether oxygens (including phenoxy) is 1. The summed E-state index contributed by atoms with van der Waals surface area (Å²) in [7, 11) is 0. The molecule has 19 heavy (non-hydrogen) atoms. The Bertz CT molecular complexity index is 592. The van der Waals surface area contributed by atoms with E-state index in [1.165, 1.54) is 6.07 Å². The lowest BCUT2D eigenvalue weighted by Crippen LogP contribution is -2.30. The van der Waals surface area contributed by atoms with Crippen molar-refractivity contribution < 1.29 is 9.13 Å². The van der Waals surface area contributed by atoms with Crippen LogP contribution in [0.1, 0.15) is 17.2 Å². The molecule has 0 saturated heterocycles. The Morgan fingerprint density at radius 1 is 1.26 bits per heavy atom. The summed E-state index contributed by atoms with van der Waals surface area (Å²) in [6, 6.07) is 12.1. The molecule has 0 aliphatic carbocycles. The molecule has 0 saturated carbocycles. The number of para-hydroxylation sites is 1. The normalized spacial score (nSPS) is 18.8. The first-order valence-electron chi connectivity index (χ1n) is 6.10. The van der Waals surface area contributed by atoms with Crippen LogP contribution in [0.3, 0.4) is 0 Å². The van der Waals surface area contributed by atoms with Crippen LogP contribution in [0.4, 0.5) is 4.39 Å². The molecule has 1 aliphatic rings. The standard InChI is InChI=1S/C15H13BrFNO/c16-10-5-6-12(17)11(8-10)15(18)14-7-9-3-1-2-4-13(9)19-14/h1-6,8,14-15H,7,18H2. The minimum Gasteiger partial charge on any atom is -0.488 e. The topological polar surface area (TPSA) is 35.2 Å². The van der Waals surface area contributed by atoms with Gasteiger partial charge in [0.1, 0.15) is 17.7 Å². The molecule has 3 rings (SSSR count). The molecule has 0 amide bonds. The van der Waals surface area contributed by atoms with E-state index in [2.05, 4.69) is 15.9 Å². The first-order chi connectivity index (χ1) is 9.15. The summed E-state index contributed by atoms with van der Waals surface area (Å²) in [5, 5.41) is 0. The molecule has 2 nitrogen and oxygen atoms in total. The van der Waals surface area contributed by atoms with Crippen LogP contribution in [0.25, 0.3) is 0 Å². The molecule has 1 aliphatic heterocycles. The minimum absolute atomic E-state index is 0.221. The highest BCUT2D eigenvalue weighted by atomic mass is 79.9. The predicted molar refractivity (Wildman–Crippen MR) is 75.6 cm³/mol. The van der Waals surface area contributed by atoms with Gasteiger partial charge in [0.15, 0.2) is 0 Å². The van der Waals surface area contributed by atoms with E-state index in [0.29, 0.717) is 12.0 Å². The van der Waals surface area contributed by atoms with Crippen molar-refractivity contribution in [1.29, 1.82) is 0 Å². The van der Waals surface area contributed by atoms with E-state index in [-0.39, 0.29) is 11.9 Å². The lowest BCUT2D eigenvalue weighted by molar-refractivity contribution is 0.197. The van der Waals surface area contributed by atoms with Crippen LogP contribution in [0.15, 0.2) is 46.9 Å². The van der Waals surface area contributed by atoms with Crippen molar-refractivity contribution in [3.8, 4) is 5.75 Å². The van der Waals surface area contributed by atoms with Gasteiger partial charge in [0.2, 0.25) is 0 Å².